The van der Waals surface area contributed by atoms with Crippen LogP contribution in [0.1, 0.15) is 80.9 Å². The molecule has 0 spiro atoms. The third kappa shape index (κ3) is 5.39. The van der Waals surface area contributed by atoms with E-state index in [1.807, 2.05) is 37.3 Å². The average Bonchev–Trinajstić information content (AvgIpc) is 3.49. The molecule has 1 saturated carbocycles. The van der Waals surface area contributed by atoms with Gasteiger partial charge in [0.2, 0.25) is 0 Å². The van der Waals surface area contributed by atoms with Crippen molar-refractivity contribution < 1.29 is 14.7 Å². The minimum atomic E-state index is -0.262. The van der Waals surface area contributed by atoms with Gasteiger partial charge in [-0.05, 0) is 61.1 Å². The zero-order valence-electron chi connectivity index (χ0n) is 20.9. The fraction of sp³-hybridized carbons (Fsp3) is 0.393. The summed E-state index contributed by atoms with van der Waals surface area (Å²) in [5.41, 5.74) is 4.11. The van der Waals surface area contributed by atoms with Crippen molar-refractivity contribution in [2.75, 3.05) is 11.9 Å². The van der Waals surface area contributed by atoms with Crippen molar-refractivity contribution >= 4 is 17.6 Å². The highest BCUT2D eigenvalue weighted by atomic mass is 16.3. The first kappa shape index (κ1) is 24.5. The maximum atomic E-state index is 12.7. The van der Waals surface area contributed by atoms with Gasteiger partial charge in [-0.3, -0.25) is 4.79 Å². The van der Waals surface area contributed by atoms with E-state index in [0.717, 1.165) is 36.9 Å². The van der Waals surface area contributed by atoms with Crippen LogP contribution < -0.4 is 10.6 Å². The monoisotopic (exact) mass is 474 g/mol. The molecule has 0 bridgehead atoms. The van der Waals surface area contributed by atoms with Crippen molar-refractivity contribution in [2.24, 2.45) is 0 Å². The van der Waals surface area contributed by atoms with Gasteiger partial charge in [0.05, 0.1) is 11.4 Å². The zero-order chi connectivity index (χ0) is 25.2. The van der Waals surface area contributed by atoms with E-state index in [2.05, 4.69) is 36.5 Å². The second-order valence-electron chi connectivity index (χ2n) is 10.2. The lowest BCUT2D eigenvalue weighted by atomic mass is 9.87. The van der Waals surface area contributed by atoms with Gasteiger partial charge in [0.15, 0.2) is 0 Å². The molecule has 1 aromatic heterocycles. The number of nitrogens with one attached hydrogen (secondary N) is 2. The molecule has 2 aromatic carbocycles. The van der Waals surface area contributed by atoms with Crippen molar-refractivity contribution in [3.05, 3.63) is 65.4 Å². The van der Waals surface area contributed by atoms with Crippen LogP contribution in [0.2, 0.25) is 0 Å². The molecule has 0 aliphatic heterocycles. The summed E-state index contributed by atoms with van der Waals surface area (Å²) in [7, 11) is 0. The topological polar surface area (TPSA) is 96.3 Å². The third-order valence-electron chi connectivity index (χ3n) is 6.58. The summed E-state index contributed by atoms with van der Waals surface area (Å²) in [4.78, 5) is 25.3. The van der Waals surface area contributed by atoms with E-state index in [4.69, 9.17) is 0 Å². The molecule has 3 N–H and O–H groups in total. The Labute approximate surface area is 206 Å². The van der Waals surface area contributed by atoms with Gasteiger partial charge in [-0.15, -0.1) is 0 Å². The normalized spacial score (nSPS) is 14.2. The summed E-state index contributed by atoms with van der Waals surface area (Å²) >= 11 is 0. The fourth-order valence-electron chi connectivity index (χ4n) is 4.58. The highest BCUT2D eigenvalue weighted by Gasteiger charge is 2.26. The maximum Gasteiger partial charge on any atom is 0.342 e. The van der Waals surface area contributed by atoms with Crippen LogP contribution in [0, 0.1) is 0 Å². The molecular weight excluding hydrogens is 440 g/mol. The number of aromatic nitrogens is 2. The smallest absolute Gasteiger partial charge is 0.342 e. The number of amides is 2. The fourth-order valence-corrected chi connectivity index (χ4v) is 4.58. The number of phenolic OH excluding ortho intramolecular Hbond substituents is 1. The number of benzene rings is 2. The Morgan fingerprint density at radius 1 is 1.06 bits per heavy atom. The van der Waals surface area contributed by atoms with Gasteiger partial charge in [0.1, 0.15) is 5.75 Å². The first-order chi connectivity index (χ1) is 16.7. The van der Waals surface area contributed by atoms with Gasteiger partial charge in [0, 0.05) is 35.3 Å². The van der Waals surface area contributed by atoms with Crippen LogP contribution in [-0.4, -0.2) is 33.4 Å². The Balaban J connectivity index is 1.55. The van der Waals surface area contributed by atoms with Crippen LogP contribution in [-0.2, 0) is 5.41 Å². The Hall–Kier alpha value is -3.61. The van der Waals surface area contributed by atoms with Crippen LogP contribution >= 0.6 is 0 Å². The van der Waals surface area contributed by atoms with Gasteiger partial charge in [-0.25, -0.2) is 4.79 Å². The second-order valence-corrected chi connectivity index (χ2v) is 10.2. The van der Waals surface area contributed by atoms with Crippen molar-refractivity contribution in [3.63, 3.8) is 0 Å². The quantitative estimate of drug-likeness (QED) is 0.420. The Kier molecular flexibility index (Phi) is 6.96. The molecule has 0 saturated heterocycles. The van der Waals surface area contributed by atoms with Crippen molar-refractivity contribution in [1.29, 1.82) is 0 Å². The van der Waals surface area contributed by atoms with Crippen LogP contribution in [0.15, 0.2) is 48.5 Å². The summed E-state index contributed by atoms with van der Waals surface area (Å²) in [6.45, 7) is 8.76. The zero-order valence-corrected chi connectivity index (χ0v) is 20.9. The minimum absolute atomic E-state index is 0.00981. The van der Waals surface area contributed by atoms with Crippen molar-refractivity contribution in [1.82, 2.24) is 15.1 Å². The maximum absolute atomic E-state index is 12.7. The van der Waals surface area contributed by atoms with E-state index in [0.29, 0.717) is 29.1 Å². The Morgan fingerprint density at radius 3 is 2.34 bits per heavy atom. The van der Waals surface area contributed by atoms with E-state index >= 15 is 0 Å². The predicted octanol–water partition coefficient (Wildman–Crippen LogP) is 6.04. The first-order valence-corrected chi connectivity index (χ1v) is 12.3. The van der Waals surface area contributed by atoms with Gasteiger partial charge in [0.25, 0.3) is 5.91 Å². The molecule has 35 heavy (non-hydrogen) atoms. The molecule has 1 heterocycles. The molecule has 2 amide bonds. The van der Waals surface area contributed by atoms with Crippen molar-refractivity contribution in [3.8, 4) is 17.0 Å². The minimum Gasteiger partial charge on any atom is -0.507 e. The van der Waals surface area contributed by atoms with E-state index in [1.165, 1.54) is 10.7 Å². The van der Waals surface area contributed by atoms with Gasteiger partial charge < -0.3 is 15.7 Å². The number of carbonyl (C=O) groups is 2. The number of nitrogens with zero attached hydrogens (tertiary/aromatic N) is 2. The van der Waals surface area contributed by atoms with Crippen LogP contribution in [0.4, 0.5) is 10.5 Å². The van der Waals surface area contributed by atoms with Gasteiger partial charge in [-0.1, -0.05) is 45.7 Å². The second kappa shape index (κ2) is 9.94. The van der Waals surface area contributed by atoms with Crippen LogP contribution in [0.5, 0.6) is 5.75 Å². The largest absolute Gasteiger partial charge is 0.507 e. The molecule has 1 fully saturated rings. The van der Waals surface area contributed by atoms with E-state index in [9.17, 15) is 14.7 Å². The molecule has 0 radical (unpaired) electrons. The summed E-state index contributed by atoms with van der Waals surface area (Å²) in [6, 6.07) is 14.1. The molecule has 0 atom stereocenters. The molecule has 4 rings (SSSR count). The first-order valence-electron chi connectivity index (χ1n) is 12.3. The summed E-state index contributed by atoms with van der Waals surface area (Å²) in [6.07, 6.45) is 4.33. The SMILES string of the molecule is CCNC(=O)n1nc(-c2ccc(NC(=O)c3ccc(C(C)(C)C)cc3)cc2O)cc1C1CCCC1. The highest BCUT2D eigenvalue weighted by molar-refractivity contribution is 6.04. The molecule has 7 nitrogen and oxygen atoms in total. The summed E-state index contributed by atoms with van der Waals surface area (Å²) in [5, 5.41) is 20.9. The molecular formula is C28H34N4O3. The Morgan fingerprint density at radius 2 is 1.74 bits per heavy atom. The number of carbonyl (C=O) groups excluding carboxylic acids is 2. The van der Waals surface area contributed by atoms with E-state index in [-0.39, 0.29) is 29.0 Å². The molecule has 7 heteroatoms. The number of phenols is 1. The molecule has 184 valence electrons. The standard InChI is InChI=1S/C28H34N4O3/c1-5-29-27(35)32-24(18-8-6-7-9-18)17-23(31-32)22-15-14-21(16-25(22)33)30-26(34)19-10-12-20(13-11-19)28(2,3)4/h10-18,33H,5-9H2,1-4H3,(H,29,35)(H,30,34). The number of rotatable bonds is 5. The van der Waals surface area contributed by atoms with Crippen LogP contribution in [0.3, 0.4) is 0 Å². The molecule has 3 aromatic rings. The molecule has 1 aliphatic rings. The number of hydrogen-bond acceptors (Lipinski definition) is 4. The molecule has 0 unspecified atom stereocenters. The number of aromatic hydroxyl groups is 1. The van der Waals surface area contributed by atoms with E-state index in [1.54, 1.807) is 12.1 Å². The lowest BCUT2D eigenvalue weighted by molar-refractivity contribution is 0.102. The van der Waals surface area contributed by atoms with Gasteiger partial charge >= 0.3 is 6.03 Å². The summed E-state index contributed by atoms with van der Waals surface area (Å²) < 4.78 is 1.44. The van der Waals surface area contributed by atoms with Crippen LogP contribution in [0.25, 0.3) is 11.3 Å². The van der Waals surface area contributed by atoms with Crippen molar-refractivity contribution in [2.45, 2.75) is 64.7 Å². The Bertz CT molecular complexity index is 1220. The van der Waals surface area contributed by atoms with E-state index < -0.39 is 0 Å². The highest BCUT2D eigenvalue weighted by Crippen LogP contribution is 2.38. The predicted molar refractivity (Wildman–Crippen MR) is 138 cm³/mol. The number of hydrogen-bond donors (Lipinski definition) is 3. The number of anilines is 1. The average molecular weight is 475 g/mol. The molecule has 1 aliphatic carbocycles. The lowest BCUT2D eigenvalue weighted by Crippen LogP contribution is -2.30. The third-order valence-corrected chi connectivity index (χ3v) is 6.58. The lowest BCUT2D eigenvalue weighted by Gasteiger charge is -2.19. The summed E-state index contributed by atoms with van der Waals surface area (Å²) in [5.74, 6) is 0.0234. The van der Waals surface area contributed by atoms with Gasteiger partial charge in [-0.2, -0.15) is 9.78 Å².